The summed E-state index contributed by atoms with van der Waals surface area (Å²) in [6.07, 6.45) is 11.8. The summed E-state index contributed by atoms with van der Waals surface area (Å²) in [5.41, 5.74) is 10.4. The van der Waals surface area contributed by atoms with Gasteiger partial charge in [-0.25, -0.2) is 9.18 Å². The highest BCUT2D eigenvalue weighted by molar-refractivity contribution is 5.82. The Hall–Kier alpha value is -2.57. The van der Waals surface area contributed by atoms with Gasteiger partial charge in [0.2, 0.25) is 0 Å². The number of benzene rings is 1. The number of aryl methyl sites for hydroxylation is 1. The summed E-state index contributed by atoms with van der Waals surface area (Å²) in [4.78, 5) is 19.5. The minimum Gasteiger partial charge on any atom is -0.330 e. The van der Waals surface area contributed by atoms with Crippen molar-refractivity contribution in [3.8, 4) is 0 Å². The van der Waals surface area contributed by atoms with Crippen LogP contribution < -0.4 is 11.4 Å². The number of halogens is 1. The van der Waals surface area contributed by atoms with Gasteiger partial charge in [0, 0.05) is 37.0 Å². The zero-order valence-corrected chi connectivity index (χ0v) is 17.3. The maximum atomic E-state index is 13.3. The summed E-state index contributed by atoms with van der Waals surface area (Å²) < 4.78 is 15.0. The van der Waals surface area contributed by atoms with E-state index in [4.69, 9.17) is 5.73 Å². The Kier molecular flexibility index (Phi) is 6.55. The first-order valence-electron chi connectivity index (χ1n) is 10.8. The van der Waals surface area contributed by atoms with Gasteiger partial charge in [-0.3, -0.25) is 9.47 Å². The molecular weight excluding hydrogens is 379 g/mol. The molecule has 0 saturated carbocycles. The third-order valence-corrected chi connectivity index (χ3v) is 5.95. The molecule has 1 aliphatic carbocycles. The maximum Gasteiger partial charge on any atom is 0.352 e. The van der Waals surface area contributed by atoms with Gasteiger partial charge in [0.15, 0.2) is 0 Å². The van der Waals surface area contributed by atoms with Gasteiger partial charge in [-0.15, -0.1) is 0 Å². The lowest BCUT2D eigenvalue weighted by Crippen LogP contribution is -2.33. The second kappa shape index (κ2) is 9.49. The molecule has 0 bridgehead atoms. The summed E-state index contributed by atoms with van der Waals surface area (Å²) in [6, 6.07) is 6.62. The van der Waals surface area contributed by atoms with E-state index < -0.39 is 0 Å². The molecule has 2 aliphatic rings. The Morgan fingerprint density at radius 2 is 1.93 bits per heavy atom. The number of unbranched alkanes of at least 4 members (excludes halogenated alkanes) is 1. The van der Waals surface area contributed by atoms with Crippen molar-refractivity contribution in [2.45, 2.75) is 38.5 Å². The van der Waals surface area contributed by atoms with Crippen LogP contribution in [0.15, 0.2) is 41.3 Å². The highest BCUT2D eigenvalue weighted by atomic mass is 19.1. The van der Waals surface area contributed by atoms with Crippen LogP contribution in [0.3, 0.4) is 0 Å². The molecule has 1 aromatic carbocycles. The molecule has 0 saturated heterocycles. The number of hydrogen-bond acceptors (Lipinski definition) is 4. The van der Waals surface area contributed by atoms with Crippen molar-refractivity contribution in [1.29, 1.82) is 0 Å². The van der Waals surface area contributed by atoms with E-state index >= 15 is 0 Å². The fourth-order valence-corrected chi connectivity index (χ4v) is 4.23. The van der Waals surface area contributed by atoms with Crippen LogP contribution in [-0.4, -0.2) is 40.6 Å². The maximum absolute atomic E-state index is 13.3. The van der Waals surface area contributed by atoms with Crippen molar-refractivity contribution < 1.29 is 4.39 Å². The molecule has 30 heavy (non-hydrogen) atoms. The molecule has 4 rings (SSSR count). The minimum absolute atomic E-state index is 0.199. The van der Waals surface area contributed by atoms with Crippen LogP contribution in [0.4, 0.5) is 4.39 Å². The predicted octanol–water partition coefficient (Wildman–Crippen LogP) is 3.54. The van der Waals surface area contributed by atoms with E-state index in [1.165, 1.54) is 12.1 Å². The van der Waals surface area contributed by atoms with Crippen molar-refractivity contribution in [3.05, 3.63) is 69.7 Å². The van der Waals surface area contributed by atoms with E-state index in [-0.39, 0.29) is 11.5 Å². The van der Waals surface area contributed by atoms with Crippen LogP contribution in [0.5, 0.6) is 0 Å². The predicted molar refractivity (Wildman–Crippen MR) is 119 cm³/mol. The smallest absolute Gasteiger partial charge is 0.330 e. The number of nitrogens with zero attached hydrogens (tertiary/aromatic N) is 3. The van der Waals surface area contributed by atoms with Gasteiger partial charge in [0.05, 0.1) is 5.69 Å². The molecule has 0 radical (unpaired) electrons. The lowest BCUT2D eigenvalue weighted by molar-refractivity contribution is 0.293. The van der Waals surface area contributed by atoms with Crippen molar-refractivity contribution in [2.24, 2.45) is 5.73 Å². The molecule has 6 heteroatoms. The van der Waals surface area contributed by atoms with Crippen LogP contribution in [-0.2, 0) is 6.42 Å². The zero-order valence-electron chi connectivity index (χ0n) is 17.3. The quantitative estimate of drug-likeness (QED) is 0.743. The zero-order chi connectivity index (χ0) is 20.9. The normalized spacial score (nSPS) is 17.1. The molecule has 2 N–H and O–H groups in total. The third kappa shape index (κ3) is 4.77. The number of fused-ring (bicyclic) bond motifs is 1. The summed E-state index contributed by atoms with van der Waals surface area (Å²) >= 11 is 0. The highest BCUT2D eigenvalue weighted by Crippen LogP contribution is 2.29. The van der Waals surface area contributed by atoms with Crippen molar-refractivity contribution in [3.63, 3.8) is 0 Å². The molecular formula is C24H29FN4O. The summed E-state index contributed by atoms with van der Waals surface area (Å²) in [6.45, 7) is 3.57. The van der Waals surface area contributed by atoms with Crippen molar-refractivity contribution >= 4 is 17.3 Å². The van der Waals surface area contributed by atoms with Gasteiger partial charge >= 0.3 is 5.69 Å². The molecule has 0 spiro atoms. The van der Waals surface area contributed by atoms with E-state index in [2.05, 4.69) is 22.0 Å². The van der Waals surface area contributed by atoms with E-state index in [1.54, 1.807) is 4.57 Å². The van der Waals surface area contributed by atoms with Crippen molar-refractivity contribution in [2.75, 3.05) is 26.2 Å². The molecule has 1 aromatic heterocycles. The van der Waals surface area contributed by atoms with Gasteiger partial charge < -0.3 is 5.73 Å². The van der Waals surface area contributed by atoms with Gasteiger partial charge in [0.25, 0.3) is 0 Å². The minimum atomic E-state index is -0.231. The van der Waals surface area contributed by atoms with Gasteiger partial charge in [0.1, 0.15) is 5.82 Å². The average Bonchev–Trinajstić information content (AvgIpc) is 2.96. The van der Waals surface area contributed by atoms with Gasteiger partial charge in [-0.2, -0.15) is 4.98 Å². The molecule has 158 valence electrons. The Labute approximate surface area is 176 Å². The Morgan fingerprint density at radius 3 is 2.67 bits per heavy atom. The average molecular weight is 409 g/mol. The second-order valence-electron chi connectivity index (χ2n) is 8.07. The SMILES string of the molecule is NCCCCN1CC=C(n2cc3c(nc2=O)CCCC(c2ccc(F)cc2)=C3)CC1. The summed E-state index contributed by atoms with van der Waals surface area (Å²) in [7, 11) is 0. The van der Waals surface area contributed by atoms with Crippen LogP contribution in [0.25, 0.3) is 17.3 Å². The number of allylic oxidation sites excluding steroid dienone is 1. The lowest BCUT2D eigenvalue weighted by Gasteiger charge is -2.26. The van der Waals surface area contributed by atoms with Crippen LogP contribution in [0.1, 0.15) is 48.9 Å². The van der Waals surface area contributed by atoms with Crippen LogP contribution in [0, 0.1) is 5.82 Å². The number of nitrogens with two attached hydrogens (primary N) is 1. The van der Waals surface area contributed by atoms with E-state index in [0.29, 0.717) is 0 Å². The number of aromatic nitrogens is 2. The second-order valence-corrected chi connectivity index (χ2v) is 8.07. The summed E-state index contributed by atoms with van der Waals surface area (Å²) in [5, 5.41) is 0. The molecule has 5 nitrogen and oxygen atoms in total. The Morgan fingerprint density at radius 1 is 1.10 bits per heavy atom. The van der Waals surface area contributed by atoms with E-state index in [9.17, 15) is 9.18 Å². The monoisotopic (exact) mass is 408 g/mol. The Bertz CT molecular complexity index is 1010. The highest BCUT2D eigenvalue weighted by Gasteiger charge is 2.17. The topological polar surface area (TPSA) is 64.2 Å². The fraction of sp³-hybridized carbons (Fsp3) is 0.417. The Balaban J connectivity index is 1.59. The number of hydrogen-bond donors (Lipinski definition) is 1. The van der Waals surface area contributed by atoms with Crippen molar-refractivity contribution in [1.82, 2.24) is 14.5 Å². The van der Waals surface area contributed by atoms with E-state index in [1.807, 2.05) is 18.3 Å². The van der Waals surface area contributed by atoms with Gasteiger partial charge in [-0.05, 0) is 74.5 Å². The molecule has 0 amide bonds. The van der Waals surface area contributed by atoms with Crippen LogP contribution >= 0.6 is 0 Å². The molecule has 0 atom stereocenters. The first-order valence-corrected chi connectivity index (χ1v) is 10.8. The first kappa shape index (κ1) is 20.7. The summed E-state index contributed by atoms with van der Waals surface area (Å²) in [5.74, 6) is -0.231. The molecule has 0 unspecified atom stereocenters. The molecule has 1 aliphatic heterocycles. The number of rotatable bonds is 6. The fourth-order valence-electron chi connectivity index (χ4n) is 4.23. The standard InChI is InChI=1S/C24H29FN4O/c25-21-8-6-18(7-9-21)19-4-3-5-23-20(16-19)17-29(24(30)27-23)22-10-14-28(15-11-22)13-2-1-12-26/h6-10,16-17H,1-5,11-15,26H2. The van der Waals surface area contributed by atoms with E-state index in [0.717, 1.165) is 92.8 Å². The largest absolute Gasteiger partial charge is 0.352 e. The molecule has 2 aromatic rings. The molecule has 0 fully saturated rings. The van der Waals surface area contributed by atoms with Gasteiger partial charge in [-0.1, -0.05) is 18.2 Å². The third-order valence-electron chi connectivity index (χ3n) is 5.95. The first-order chi connectivity index (χ1) is 14.6. The molecule has 2 heterocycles. The van der Waals surface area contributed by atoms with Crippen LogP contribution in [0.2, 0.25) is 0 Å². The lowest BCUT2D eigenvalue weighted by atomic mass is 10.0.